The Morgan fingerprint density at radius 2 is 1.74 bits per heavy atom. The fourth-order valence-electron chi connectivity index (χ4n) is 5.17. The van der Waals surface area contributed by atoms with Gasteiger partial charge in [-0.05, 0) is 36.2 Å². The van der Waals surface area contributed by atoms with Crippen LogP contribution in [0.5, 0.6) is 17.2 Å². The summed E-state index contributed by atoms with van der Waals surface area (Å²) in [6.45, 7) is -1.33. The van der Waals surface area contributed by atoms with Gasteiger partial charge in [0.1, 0.15) is 29.7 Å². The molecule has 0 bridgehead atoms. The molecule has 0 aliphatic carbocycles. The number of carbonyl (C=O) groups is 6. The molecular weight excluding hydrogens is 693 g/mol. The number of pyridine rings is 1. The average molecular weight is 717 g/mol. The summed E-state index contributed by atoms with van der Waals surface area (Å²) in [5, 5.41) is 46.0. The van der Waals surface area contributed by atoms with Gasteiger partial charge < -0.3 is 45.8 Å². The van der Waals surface area contributed by atoms with Gasteiger partial charge in [0.15, 0.2) is 17.3 Å². The van der Waals surface area contributed by atoms with Gasteiger partial charge in [0.25, 0.3) is 0 Å². The molecule has 1 saturated heterocycles. The largest absolute Gasteiger partial charge is 0.547 e. The van der Waals surface area contributed by atoms with Crippen molar-refractivity contribution in [3.63, 3.8) is 0 Å². The summed E-state index contributed by atoms with van der Waals surface area (Å²) in [6, 6.07) is 2.00. The third-order valence-corrected chi connectivity index (χ3v) is 8.04. The van der Waals surface area contributed by atoms with Crippen molar-refractivity contribution in [2.75, 3.05) is 25.0 Å². The Hall–Kier alpha value is -6.02. The van der Waals surface area contributed by atoms with Crippen molar-refractivity contribution in [2.24, 2.45) is 0 Å². The number of nitrogens with zero attached hydrogens (tertiary/aromatic N) is 3. The monoisotopic (exact) mass is 716 g/mol. The van der Waals surface area contributed by atoms with E-state index in [4.69, 9.17) is 16.3 Å². The lowest BCUT2D eigenvalue weighted by molar-refractivity contribution is -0.154. The van der Waals surface area contributed by atoms with E-state index in [0.717, 1.165) is 17.0 Å². The van der Waals surface area contributed by atoms with Gasteiger partial charge in [0.2, 0.25) is 11.8 Å². The summed E-state index contributed by atoms with van der Waals surface area (Å²) in [5.74, 6) is -13.3. The van der Waals surface area contributed by atoms with Crippen LogP contribution in [0.2, 0.25) is 5.02 Å². The second kappa shape index (κ2) is 14.2. The van der Waals surface area contributed by atoms with Crippen LogP contribution in [-0.2, 0) is 25.6 Å². The molecule has 2 aliphatic heterocycles. The molecule has 7 N–H and O–H groups in total. The second-order valence-corrected chi connectivity index (χ2v) is 11.2. The standard InChI is InChI=1S/C29H24BClF2N6O11/c31-20-14(10-16(33)22(41)23(20)42)21(25(43)36-17-9-12-1-2-15(32)19(28(46)47)24(12)50-30(17)49)37-29(48)39-8-7-38(26(44)27(39)45)11-18(40)35-13-3-5-34-6-4-13/h1-6,10,17,21,41-42,49H,7-9,11H2,(H,36,43)(H,37,48)(H,46,47)(H,34,35,40)/t17-,21?/m0/s1. The van der Waals surface area contributed by atoms with Gasteiger partial charge in [-0.3, -0.25) is 29.1 Å². The van der Waals surface area contributed by atoms with Crippen LogP contribution >= 0.6 is 11.6 Å². The molecule has 260 valence electrons. The summed E-state index contributed by atoms with van der Waals surface area (Å²) in [5.41, 5.74) is -1.08. The molecular formula is C29H24BClF2N6O11. The number of carboxylic acid groups (broad SMARTS) is 1. The molecule has 21 heteroatoms. The number of phenolic OH excluding ortho intramolecular Hbond substituents is 2. The number of amides is 6. The number of aromatic hydroxyl groups is 2. The Bertz CT molecular complexity index is 1920. The lowest BCUT2D eigenvalue weighted by Crippen LogP contribution is -2.60. The smallest absolute Gasteiger partial charge is 0.534 e. The molecule has 3 aromatic rings. The topological polar surface area (TPSA) is 248 Å². The average Bonchev–Trinajstić information content (AvgIpc) is 3.07. The zero-order valence-electron chi connectivity index (χ0n) is 25.2. The van der Waals surface area contributed by atoms with Crippen LogP contribution in [0.25, 0.3) is 0 Å². The molecule has 17 nitrogen and oxygen atoms in total. The first-order valence-electron chi connectivity index (χ1n) is 14.4. The van der Waals surface area contributed by atoms with Crippen LogP contribution < -0.4 is 20.6 Å². The molecule has 0 radical (unpaired) electrons. The van der Waals surface area contributed by atoms with Gasteiger partial charge in [-0.25, -0.2) is 18.4 Å². The Balaban J connectivity index is 1.35. The van der Waals surface area contributed by atoms with Crippen molar-refractivity contribution in [2.45, 2.75) is 18.4 Å². The molecule has 50 heavy (non-hydrogen) atoms. The molecule has 3 heterocycles. The summed E-state index contributed by atoms with van der Waals surface area (Å²) in [6.07, 6.45) is 2.50. The first-order valence-corrected chi connectivity index (χ1v) is 14.8. The van der Waals surface area contributed by atoms with Gasteiger partial charge in [-0.15, -0.1) is 0 Å². The Morgan fingerprint density at radius 1 is 1.04 bits per heavy atom. The van der Waals surface area contributed by atoms with Gasteiger partial charge in [0.05, 0.1) is 11.0 Å². The Morgan fingerprint density at radius 3 is 2.42 bits per heavy atom. The number of anilines is 1. The number of imide groups is 1. The summed E-state index contributed by atoms with van der Waals surface area (Å²) in [4.78, 5) is 81.9. The van der Waals surface area contributed by atoms with E-state index in [9.17, 15) is 57.9 Å². The molecule has 1 aromatic heterocycles. The minimum atomic E-state index is -2.08. The molecule has 1 unspecified atom stereocenters. The van der Waals surface area contributed by atoms with E-state index in [1.54, 1.807) is 0 Å². The first kappa shape index (κ1) is 35.3. The van der Waals surface area contributed by atoms with Crippen LogP contribution in [0.4, 0.5) is 19.3 Å². The molecule has 6 amide bonds. The van der Waals surface area contributed by atoms with E-state index in [0.29, 0.717) is 16.7 Å². The van der Waals surface area contributed by atoms with Gasteiger partial charge in [-0.2, -0.15) is 0 Å². The van der Waals surface area contributed by atoms with Crippen LogP contribution in [0, 0.1) is 11.6 Å². The normalized spacial score (nSPS) is 16.2. The highest BCUT2D eigenvalue weighted by Gasteiger charge is 2.42. The van der Waals surface area contributed by atoms with Crippen LogP contribution in [0.3, 0.4) is 0 Å². The second-order valence-electron chi connectivity index (χ2n) is 10.9. The lowest BCUT2D eigenvalue weighted by Gasteiger charge is -2.33. The zero-order valence-corrected chi connectivity index (χ0v) is 26.0. The minimum absolute atomic E-state index is 0.0581. The van der Waals surface area contributed by atoms with E-state index in [1.165, 1.54) is 24.5 Å². The third kappa shape index (κ3) is 7.05. The van der Waals surface area contributed by atoms with Crippen molar-refractivity contribution in [1.82, 2.24) is 25.4 Å². The highest BCUT2D eigenvalue weighted by Crippen LogP contribution is 2.40. The fourth-order valence-corrected chi connectivity index (χ4v) is 5.42. The Labute approximate surface area is 284 Å². The molecule has 0 spiro atoms. The number of nitrogens with one attached hydrogen (secondary N) is 3. The van der Waals surface area contributed by atoms with Crippen molar-refractivity contribution in [3.05, 3.63) is 76.1 Å². The number of rotatable bonds is 8. The first-order chi connectivity index (χ1) is 23.7. The van der Waals surface area contributed by atoms with E-state index < -0.39 is 113 Å². The molecule has 2 aliphatic rings. The summed E-state index contributed by atoms with van der Waals surface area (Å²) in [7, 11) is -1.98. The van der Waals surface area contributed by atoms with Crippen molar-refractivity contribution in [3.8, 4) is 17.2 Å². The predicted octanol–water partition coefficient (Wildman–Crippen LogP) is 0.322. The van der Waals surface area contributed by atoms with E-state index in [-0.39, 0.29) is 18.5 Å². The van der Waals surface area contributed by atoms with Crippen LogP contribution in [-0.4, -0.2) is 103 Å². The van der Waals surface area contributed by atoms with E-state index >= 15 is 0 Å². The quantitative estimate of drug-likeness (QED) is 0.0947. The number of benzene rings is 2. The van der Waals surface area contributed by atoms with Gasteiger partial charge >= 0.3 is 30.9 Å². The number of hydrogen-bond donors (Lipinski definition) is 7. The number of carbonyl (C=O) groups excluding carboxylic acids is 5. The van der Waals surface area contributed by atoms with Gasteiger partial charge in [0, 0.05) is 36.7 Å². The van der Waals surface area contributed by atoms with Crippen LogP contribution in [0.15, 0.2) is 42.7 Å². The highest BCUT2D eigenvalue weighted by molar-refractivity contribution is 6.47. The number of aromatic carboxylic acids is 1. The predicted molar refractivity (Wildman–Crippen MR) is 165 cm³/mol. The van der Waals surface area contributed by atoms with Gasteiger partial charge in [-0.1, -0.05) is 17.7 Å². The number of aromatic nitrogens is 1. The Kier molecular flexibility index (Phi) is 10.0. The SMILES string of the molecule is O=C(CN1CCN(C(=O)NC(C(=O)N[C@H]2Cc3ccc(F)c(C(=O)O)c3OB2O)c2cc(F)c(O)c(O)c2Cl)C(=O)C1=O)Nc1ccncc1. The van der Waals surface area contributed by atoms with Crippen molar-refractivity contribution < 1.29 is 62.5 Å². The number of fused-ring (bicyclic) bond motifs is 1. The fraction of sp³-hybridized carbons (Fsp3) is 0.207. The van der Waals surface area contributed by atoms with Crippen molar-refractivity contribution >= 4 is 60.0 Å². The highest BCUT2D eigenvalue weighted by atomic mass is 35.5. The number of phenols is 2. The maximum atomic E-state index is 14.6. The summed E-state index contributed by atoms with van der Waals surface area (Å²) < 4.78 is 33.9. The number of piperazine rings is 1. The molecule has 1 fully saturated rings. The van der Waals surface area contributed by atoms with E-state index in [2.05, 4.69) is 20.9 Å². The molecule has 0 saturated carbocycles. The summed E-state index contributed by atoms with van der Waals surface area (Å²) >= 11 is 6.10. The zero-order chi connectivity index (χ0) is 36.4. The maximum Gasteiger partial charge on any atom is 0.547 e. The number of urea groups is 1. The minimum Gasteiger partial charge on any atom is -0.534 e. The number of carboxylic acids is 1. The lowest BCUT2D eigenvalue weighted by atomic mass is 9.72. The third-order valence-electron chi connectivity index (χ3n) is 7.64. The number of hydrogen-bond acceptors (Lipinski definition) is 11. The molecule has 5 rings (SSSR count). The van der Waals surface area contributed by atoms with Crippen molar-refractivity contribution in [1.29, 1.82) is 0 Å². The molecule has 2 atom stereocenters. The maximum absolute atomic E-state index is 14.6. The number of halogens is 3. The van der Waals surface area contributed by atoms with Crippen LogP contribution in [0.1, 0.15) is 27.5 Å². The molecule has 2 aromatic carbocycles. The van der Waals surface area contributed by atoms with E-state index in [1.807, 2.05) is 0 Å².